The molecule has 0 aromatic heterocycles. The Morgan fingerprint density at radius 1 is 1.75 bits per heavy atom. The van der Waals surface area contributed by atoms with Gasteiger partial charge in [-0.05, 0) is 26.3 Å². The fourth-order valence-corrected chi connectivity index (χ4v) is 1.46. The van der Waals surface area contributed by atoms with Crippen molar-refractivity contribution in [3.05, 3.63) is 11.1 Å². The standard InChI is InChI=1S/C9H16ClNO/c1-11-6-7-12-9-4-2-8(10)3-5-9/h2,9,11H,3-7H2,1H3. The van der Waals surface area contributed by atoms with Crippen LogP contribution in [0.25, 0.3) is 0 Å². The third-order valence-corrected chi connectivity index (χ3v) is 2.36. The molecule has 0 heterocycles. The van der Waals surface area contributed by atoms with Gasteiger partial charge in [0.25, 0.3) is 0 Å². The summed E-state index contributed by atoms with van der Waals surface area (Å²) in [6.07, 6.45) is 5.48. The Hall–Kier alpha value is -0.0500. The molecule has 0 fully saturated rings. The van der Waals surface area contributed by atoms with Crippen molar-refractivity contribution in [3.63, 3.8) is 0 Å². The fourth-order valence-electron chi connectivity index (χ4n) is 1.26. The Labute approximate surface area is 78.9 Å². The second-order valence-corrected chi connectivity index (χ2v) is 3.51. The van der Waals surface area contributed by atoms with E-state index in [0.29, 0.717) is 6.10 Å². The Morgan fingerprint density at radius 3 is 3.17 bits per heavy atom. The summed E-state index contributed by atoms with van der Waals surface area (Å²) < 4.78 is 5.61. The van der Waals surface area contributed by atoms with Gasteiger partial charge in [-0.3, -0.25) is 0 Å². The Kier molecular flexibility index (Phi) is 4.66. The SMILES string of the molecule is CNCCOC1CC=C(Cl)CC1. The maximum atomic E-state index is 5.84. The first kappa shape index (κ1) is 10.0. The normalized spacial score (nSPS) is 23.8. The molecule has 0 aliphatic heterocycles. The molecular formula is C9H16ClNO. The third-order valence-electron chi connectivity index (χ3n) is 2.01. The predicted molar refractivity (Wildman–Crippen MR) is 51.5 cm³/mol. The summed E-state index contributed by atoms with van der Waals surface area (Å²) >= 11 is 5.84. The minimum atomic E-state index is 0.390. The van der Waals surface area contributed by atoms with E-state index in [-0.39, 0.29) is 0 Å². The van der Waals surface area contributed by atoms with Crippen LogP contribution in [0.4, 0.5) is 0 Å². The predicted octanol–water partition coefficient (Wildman–Crippen LogP) is 1.90. The lowest BCUT2D eigenvalue weighted by Crippen LogP contribution is -2.21. The minimum Gasteiger partial charge on any atom is -0.377 e. The highest BCUT2D eigenvalue weighted by Crippen LogP contribution is 2.22. The zero-order chi connectivity index (χ0) is 8.81. The number of rotatable bonds is 4. The molecule has 0 spiro atoms. The molecule has 1 N–H and O–H groups in total. The van der Waals surface area contributed by atoms with Crippen LogP contribution in [0, 0.1) is 0 Å². The van der Waals surface area contributed by atoms with E-state index in [9.17, 15) is 0 Å². The zero-order valence-electron chi connectivity index (χ0n) is 7.48. The number of halogens is 1. The molecule has 1 aliphatic rings. The molecule has 0 aromatic carbocycles. The maximum absolute atomic E-state index is 5.84. The van der Waals surface area contributed by atoms with Crippen LogP contribution < -0.4 is 5.32 Å². The first-order valence-corrected chi connectivity index (χ1v) is 4.81. The number of hydrogen-bond acceptors (Lipinski definition) is 2. The molecule has 1 atom stereocenters. The van der Waals surface area contributed by atoms with Gasteiger partial charge in [-0.2, -0.15) is 0 Å². The van der Waals surface area contributed by atoms with Crippen LogP contribution in [0.2, 0.25) is 0 Å². The van der Waals surface area contributed by atoms with Gasteiger partial charge in [-0.1, -0.05) is 17.7 Å². The largest absolute Gasteiger partial charge is 0.377 e. The number of ether oxygens (including phenoxy) is 1. The van der Waals surface area contributed by atoms with E-state index in [1.165, 1.54) is 0 Å². The molecular weight excluding hydrogens is 174 g/mol. The topological polar surface area (TPSA) is 21.3 Å². The van der Waals surface area contributed by atoms with Crippen LogP contribution in [0.5, 0.6) is 0 Å². The molecule has 1 rings (SSSR count). The quantitative estimate of drug-likeness (QED) is 0.683. The Bertz CT molecular complexity index is 159. The van der Waals surface area contributed by atoms with E-state index in [0.717, 1.165) is 37.4 Å². The first-order chi connectivity index (χ1) is 5.83. The lowest BCUT2D eigenvalue weighted by Gasteiger charge is -2.19. The second-order valence-electron chi connectivity index (χ2n) is 3.02. The van der Waals surface area contributed by atoms with Crippen LogP contribution in [-0.4, -0.2) is 26.3 Å². The summed E-state index contributed by atoms with van der Waals surface area (Å²) in [5.74, 6) is 0. The van der Waals surface area contributed by atoms with Crippen molar-refractivity contribution in [1.82, 2.24) is 5.32 Å². The van der Waals surface area contributed by atoms with Gasteiger partial charge in [0.05, 0.1) is 12.7 Å². The molecule has 0 amide bonds. The molecule has 2 nitrogen and oxygen atoms in total. The number of likely N-dealkylation sites (N-methyl/N-ethyl adjacent to an activating group) is 1. The summed E-state index contributed by atoms with van der Waals surface area (Å²) in [7, 11) is 1.93. The highest BCUT2D eigenvalue weighted by molar-refractivity contribution is 6.29. The van der Waals surface area contributed by atoms with Gasteiger partial charge in [0.2, 0.25) is 0 Å². The van der Waals surface area contributed by atoms with Crippen molar-refractivity contribution in [2.75, 3.05) is 20.2 Å². The highest BCUT2D eigenvalue weighted by atomic mass is 35.5. The van der Waals surface area contributed by atoms with Crippen LogP contribution in [-0.2, 0) is 4.74 Å². The van der Waals surface area contributed by atoms with Gasteiger partial charge >= 0.3 is 0 Å². The molecule has 3 heteroatoms. The van der Waals surface area contributed by atoms with Crippen LogP contribution in [0.3, 0.4) is 0 Å². The first-order valence-electron chi connectivity index (χ1n) is 4.43. The van der Waals surface area contributed by atoms with E-state index in [1.807, 2.05) is 7.05 Å². The molecule has 0 bridgehead atoms. The molecule has 70 valence electrons. The number of hydrogen-bond donors (Lipinski definition) is 1. The van der Waals surface area contributed by atoms with Crippen molar-refractivity contribution in [2.45, 2.75) is 25.4 Å². The van der Waals surface area contributed by atoms with E-state index >= 15 is 0 Å². The summed E-state index contributed by atoms with van der Waals surface area (Å²) in [5, 5.41) is 4.04. The molecule has 0 aromatic rings. The Morgan fingerprint density at radius 2 is 2.58 bits per heavy atom. The lowest BCUT2D eigenvalue weighted by molar-refractivity contribution is 0.0499. The molecule has 0 radical (unpaired) electrons. The molecule has 12 heavy (non-hydrogen) atoms. The molecule has 1 unspecified atom stereocenters. The summed E-state index contributed by atoms with van der Waals surface area (Å²) in [6.45, 7) is 1.72. The number of nitrogens with one attached hydrogen (secondary N) is 1. The number of allylic oxidation sites excluding steroid dienone is 1. The van der Waals surface area contributed by atoms with Gasteiger partial charge in [0, 0.05) is 11.6 Å². The van der Waals surface area contributed by atoms with Gasteiger partial charge < -0.3 is 10.1 Å². The smallest absolute Gasteiger partial charge is 0.0614 e. The van der Waals surface area contributed by atoms with E-state index < -0.39 is 0 Å². The molecule has 1 aliphatic carbocycles. The fraction of sp³-hybridized carbons (Fsp3) is 0.778. The van der Waals surface area contributed by atoms with Crippen molar-refractivity contribution in [3.8, 4) is 0 Å². The zero-order valence-corrected chi connectivity index (χ0v) is 8.23. The molecule has 0 saturated carbocycles. The second kappa shape index (κ2) is 5.57. The van der Waals surface area contributed by atoms with Crippen molar-refractivity contribution in [1.29, 1.82) is 0 Å². The van der Waals surface area contributed by atoms with Crippen molar-refractivity contribution < 1.29 is 4.74 Å². The third kappa shape index (κ3) is 3.57. The summed E-state index contributed by atoms with van der Waals surface area (Å²) in [6, 6.07) is 0. The van der Waals surface area contributed by atoms with Gasteiger partial charge in [-0.25, -0.2) is 0 Å². The van der Waals surface area contributed by atoms with Crippen LogP contribution in [0.1, 0.15) is 19.3 Å². The van der Waals surface area contributed by atoms with Crippen LogP contribution >= 0.6 is 11.6 Å². The minimum absolute atomic E-state index is 0.390. The lowest BCUT2D eigenvalue weighted by atomic mass is 10.0. The van der Waals surface area contributed by atoms with Crippen LogP contribution in [0.15, 0.2) is 11.1 Å². The Balaban J connectivity index is 2.10. The average Bonchev–Trinajstić information content (AvgIpc) is 2.09. The maximum Gasteiger partial charge on any atom is 0.0614 e. The van der Waals surface area contributed by atoms with E-state index in [2.05, 4.69) is 11.4 Å². The van der Waals surface area contributed by atoms with Crippen molar-refractivity contribution >= 4 is 11.6 Å². The van der Waals surface area contributed by atoms with Gasteiger partial charge in [0.15, 0.2) is 0 Å². The van der Waals surface area contributed by atoms with E-state index in [4.69, 9.17) is 16.3 Å². The highest BCUT2D eigenvalue weighted by Gasteiger charge is 2.12. The summed E-state index contributed by atoms with van der Waals surface area (Å²) in [4.78, 5) is 0. The van der Waals surface area contributed by atoms with E-state index in [1.54, 1.807) is 0 Å². The average molecular weight is 190 g/mol. The van der Waals surface area contributed by atoms with Gasteiger partial charge in [0.1, 0.15) is 0 Å². The van der Waals surface area contributed by atoms with Gasteiger partial charge in [-0.15, -0.1) is 0 Å². The summed E-state index contributed by atoms with van der Waals surface area (Å²) in [5.41, 5.74) is 0. The monoisotopic (exact) mass is 189 g/mol. The molecule has 0 saturated heterocycles. The van der Waals surface area contributed by atoms with Crippen molar-refractivity contribution in [2.24, 2.45) is 0 Å².